The van der Waals surface area contributed by atoms with Crippen molar-refractivity contribution in [3.63, 3.8) is 0 Å². The van der Waals surface area contributed by atoms with Crippen LogP contribution in [0.15, 0.2) is 11.3 Å². The van der Waals surface area contributed by atoms with Crippen molar-refractivity contribution in [1.82, 2.24) is 29.6 Å². The van der Waals surface area contributed by atoms with Crippen LogP contribution in [0.3, 0.4) is 0 Å². The molecule has 0 aliphatic carbocycles. The number of guanidine groups is 1. The van der Waals surface area contributed by atoms with Crippen LogP contribution in [0.2, 0.25) is 0 Å². The van der Waals surface area contributed by atoms with Crippen LogP contribution in [0.5, 0.6) is 11.8 Å². The Bertz CT molecular complexity index is 1120. The number of methoxy groups -OCH3 is 2. The monoisotopic (exact) mass is 541 g/mol. The van der Waals surface area contributed by atoms with Crippen molar-refractivity contribution in [2.75, 3.05) is 40.6 Å². The van der Waals surface area contributed by atoms with Gasteiger partial charge in [-0.3, -0.25) is 5.43 Å². The minimum absolute atomic E-state index is 0.0720. The molecule has 0 bridgehead atoms. The minimum Gasteiger partial charge on any atom is -0.481 e. The summed E-state index contributed by atoms with van der Waals surface area (Å²) in [7, 11) is -0.868. The Kier molecular flexibility index (Phi) is 7.67. The molecule has 4 heterocycles. The summed E-state index contributed by atoms with van der Waals surface area (Å²) in [5, 5.41) is 10.3. The second-order valence-corrected chi connectivity index (χ2v) is 12.3. The number of amides is 1. The predicted molar refractivity (Wildman–Crippen MR) is 133 cm³/mol. The summed E-state index contributed by atoms with van der Waals surface area (Å²) in [5.41, 5.74) is 3.01. The van der Waals surface area contributed by atoms with Crippen LogP contribution in [0.1, 0.15) is 51.5 Å². The number of hydrazine groups is 1. The molecule has 1 aromatic rings. The van der Waals surface area contributed by atoms with Crippen molar-refractivity contribution in [3.8, 4) is 11.8 Å². The van der Waals surface area contributed by atoms with E-state index < -0.39 is 33.1 Å². The summed E-state index contributed by atoms with van der Waals surface area (Å²) in [6.45, 7) is 6.15. The van der Waals surface area contributed by atoms with Gasteiger partial charge in [-0.2, -0.15) is 5.01 Å². The lowest BCUT2D eigenvalue weighted by Crippen LogP contribution is -2.60. The molecular formula is C22H35N7O7S. The van der Waals surface area contributed by atoms with Gasteiger partial charge in [0.05, 0.1) is 37.2 Å². The normalized spacial score (nSPS) is 24.9. The zero-order chi connectivity index (χ0) is 27.0. The molecule has 3 atom stereocenters. The van der Waals surface area contributed by atoms with E-state index in [1.165, 1.54) is 24.9 Å². The van der Waals surface area contributed by atoms with E-state index >= 15 is 0 Å². The van der Waals surface area contributed by atoms with Gasteiger partial charge >= 0.3 is 6.09 Å². The molecule has 2 fully saturated rings. The first kappa shape index (κ1) is 27.1. The van der Waals surface area contributed by atoms with Crippen LogP contribution in [-0.2, 0) is 14.8 Å². The molecule has 1 amide bonds. The maximum Gasteiger partial charge on any atom is 0.407 e. The van der Waals surface area contributed by atoms with E-state index in [0.29, 0.717) is 44.2 Å². The molecule has 0 saturated carbocycles. The van der Waals surface area contributed by atoms with Crippen molar-refractivity contribution >= 4 is 22.1 Å². The lowest BCUT2D eigenvalue weighted by Gasteiger charge is -2.40. The molecule has 15 heteroatoms. The zero-order valence-electron chi connectivity index (χ0n) is 21.7. The standard InChI is InChI=1S/C22H35N7O7S/c1-22(2,3)29(37(32,33)15-7-6-8-27(10-15)21(30)31)20-25-13-28(26-20)16-9-14(11-36-16)17-18(34-4)23-12-24-19(17)35-5/h12,14-16H,6-11,13H2,1-5H3,(H,25,26)(H,30,31). The number of rotatable bonds is 6. The molecule has 14 nitrogen and oxygen atoms in total. The number of hydrogen-bond donors (Lipinski definition) is 2. The Morgan fingerprint density at radius 3 is 2.51 bits per heavy atom. The Hall–Kier alpha value is -2.91. The Balaban J connectivity index is 1.49. The molecule has 3 unspecified atom stereocenters. The zero-order valence-corrected chi connectivity index (χ0v) is 22.6. The quantitative estimate of drug-likeness (QED) is 0.530. The first-order valence-corrected chi connectivity index (χ1v) is 13.6. The van der Waals surface area contributed by atoms with Crippen LogP contribution in [-0.4, -0.2) is 107 Å². The van der Waals surface area contributed by atoms with E-state index in [1.54, 1.807) is 25.8 Å². The first-order chi connectivity index (χ1) is 17.5. The van der Waals surface area contributed by atoms with Crippen LogP contribution in [0.25, 0.3) is 0 Å². The molecule has 0 aromatic carbocycles. The lowest BCUT2D eigenvalue weighted by molar-refractivity contribution is -0.0294. The highest BCUT2D eigenvalue weighted by molar-refractivity contribution is 7.90. The first-order valence-electron chi connectivity index (χ1n) is 12.1. The summed E-state index contributed by atoms with van der Waals surface area (Å²) in [6.07, 6.45) is 1.27. The van der Waals surface area contributed by atoms with Crippen molar-refractivity contribution in [1.29, 1.82) is 0 Å². The van der Waals surface area contributed by atoms with Gasteiger partial charge in [-0.25, -0.2) is 32.5 Å². The van der Waals surface area contributed by atoms with Crippen molar-refractivity contribution in [3.05, 3.63) is 11.9 Å². The molecule has 3 aliphatic rings. The lowest BCUT2D eigenvalue weighted by atomic mass is 9.99. The van der Waals surface area contributed by atoms with E-state index in [0.717, 1.165) is 10.5 Å². The minimum atomic E-state index is -3.93. The highest BCUT2D eigenvalue weighted by Crippen LogP contribution is 2.39. The number of ether oxygens (including phenoxy) is 3. The fourth-order valence-corrected chi connectivity index (χ4v) is 7.24. The highest BCUT2D eigenvalue weighted by Gasteiger charge is 2.45. The second kappa shape index (κ2) is 10.5. The molecule has 4 rings (SSSR count). The number of nitrogens with one attached hydrogen (secondary N) is 1. The number of likely N-dealkylation sites (tertiary alicyclic amines) is 1. The maximum absolute atomic E-state index is 13.8. The fraction of sp³-hybridized carbons (Fsp3) is 0.727. The fourth-order valence-electron chi connectivity index (χ4n) is 5.00. The second-order valence-electron chi connectivity index (χ2n) is 10.2. The Labute approximate surface area is 216 Å². The van der Waals surface area contributed by atoms with E-state index in [-0.39, 0.29) is 25.1 Å². The van der Waals surface area contributed by atoms with Crippen LogP contribution < -0.4 is 14.9 Å². The van der Waals surface area contributed by atoms with Gasteiger partial charge in [0.1, 0.15) is 19.2 Å². The molecule has 3 aliphatic heterocycles. The summed E-state index contributed by atoms with van der Waals surface area (Å²) in [4.78, 5) is 25.5. The number of carboxylic acid groups (broad SMARTS) is 1. The van der Waals surface area contributed by atoms with E-state index in [4.69, 9.17) is 14.2 Å². The third-order valence-corrected chi connectivity index (χ3v) is 9.13. The number of nitrogens with zero attached hydrogens (tertiary/aromatic N) is 6. The number of aromatic nitrogens is 2. The smallest absolute Gasteiger partial charge is 0.407 e. The van der Waals surface area contributed by atoms with Gasteiger partial charge in [-0.05, 0) is 40.0 Å². The molecule has 0 spiro atoms. The third kappa shape index (κ3) is 5.38. The molecule has 2 saturated heterocycles. The number of carbonyl (C=O) groups is 1. The summed E-state index contributed by atoms with van der Waals surface area (Å²) in [6, 6.07) is 0. The number of piperidine rings is 1. The van der Waals surface area contributed by atoms with Gasteiger partial charge in [0.15, 0.2) is 0 Å². The molecule has 0 radical (unpaired) electrons. The van der Waals surface area contributed by atoms with Crippen LogP contribution in [0, 0.1) is 0 Å². The number of hydrogen-bond acceptors (Lipinski definition) is 11. The van der Waals surface area contributed by atoms with Gasteiger partial charge in [-0.15, -0.1) is 0 Å². The number of sulfonamides is 1. The van der Waals surface area contributed by atoms with Gasteiger partial charge < -0.3 is 24.2 Å². The average molecular weight is 542 g/mol. The maximum atomic E-state index is 13.8. The highest BCUT2D eigenvalue weighted by atomic mass is 32.2. The van der Waals surface area contributed by atoms with E-state index in [1.807, 2.05) is 0 Å². The van der Waals surface area contributed by atoms with Crippen molar-refractivity contribution in [2.45, 2.75) is 63.0 Å². The molecule has 37 heavy (non-hydrogen) atoms. The van der Waals surface area contributed by atoms with Gasteiger partial charge in [-0.1, -0.05) is 0 Å². The predicted octanol–water partition coefficient (Wildman–Crippen LogP) is 1.03. The Morgan fingerprint density at radius 1 is 1.24 bits per heavy atom. The topological polar surface area (TPSA) is 159 Å². The van der Waals surface area contributed by atoms with Gasteiger partial charge in [0, 0.05) is 19.0 Å². The van der Waals surface area contributed by atoms with Gasteiger partial charge in [0.25, 0.3) is 0 Å². The summed E-state index contributed by atoms with van der Waals surface area (Å²) in [5.74, 6) is 0.916. The van der Waals surface area contributed by atoms with Crippen molar-refractivity contribution in [2.24, 2.45) is 4.99 Å². The van der Waals surface area contributed by atoms with Gasteiger partial charge in [0.2, 0.25) is 27.7 Å². The molecule has 2 N–H and O–H groups in total. The molecule has 206 valence electrons. The van der Waals surface area contributed by atoms with Crippen LogP contribution in [0.4, 0.5) is 4.79 Å². The van der Waals surface area contributed by atoms with E-state index in [9.17, 15) is 18.3 Å². The van der Waals surface area contributed by atoms with Crippen LogP contribution >= 0.6 is 0 Å². The SMILES string of the molecule is COc1ncnc(OC)c1C1COC(N2CN=C(N(C(C)(C)C)S(=O)(=O)C3CCCN(C(=O)O)C3)N2)C1. The van der Waals surface area contributed by atoms with E-state index in [2.05, 4.69) is 20.4 Å². The number of aliphatic imine (C=N–C) groups is 1. The average Bonchev–Trinajstić information content (AvgIpc) is 3.52. The largest absolute Gasteiger partial charge is 0.481 e. The Morgan fingerprint density at radius 2 is 1.92 bits per heavy atom. The summed E-state index contributed by atoms with van der Waals surface area (Å²) < 4.78 is 45.7. The molecular weight excluding hydrogens is 506 g/mol. The summed E-state index contributed by atoms with van der Waals surface area (Å²) >= 11 is 0. The molecule has 1 aromatic heterocycles. The van der Waals surface area contributed by atoms with Crippen molar-refractivity contribution < 1.29 is 32.5 Å². The third-order valence-electron chi connectivity index (χ3n) is 6.67.